The molecule has 7 heteroatoms. The van der Waals surface area contributed by atoms with Crippen LogP contribution in [0.2, 0.25) is 0 Å². The molecule has 0 spiro atoms. The van der Waals surface area contributed by atoms with Crippen LogP contribution < -0.4 is 11.0 Å². The van der Waals surface area contributed by atoms with Gasteiger partial charge in [-0.25, -0.2) is 14.0 Å². The number of likely N-dealkylation sites (tertiary alicyclic amines) is 1. The van der Waals surface area contributed by atoms with Gasteiger partial charge in [-0.1, -0.05) is 18.2 Å². The van der Waals surface area contributed by atoms with Gasteiger partial charge in [-0.05, 0) is 38.1 Å². The van der Waals surface area contributed by atoms with Crippen molar-refractivity contribution in [1.29, 1.82) is 0 Å². The highest BCUT2D eigenvalue weighted by molar-refractivity contribution is 5.77. The zero-order valence-electron chi connectivity index (χ0n) is 14.1. The summed E-state index contributed by atoms with van der Waals surface area (Å²) in [5.74, 6) is 1.07. The summed E-state index contributed by atoms with van der Waals surface area (Å²) in [5, 5.41) is 7.14. The minimum atomic E-state index is -0.121. The first kappa shape index (κ1) is 16.4. The van der Waals surface area contributed by atoms with Crippen molar-refractivity contribution >= 4 is 5.91 Å². The van der Waals surface area contributed by atoms with Gasteiger partial charge >= 0.3 is 5.69 Å². The van der Waals surface area contributed by atoms with Crippen LogP contribution in [0.3, 0.4) is 0 Å². The minimum Gasteiger partial charge on any atom is -0.358 e. The number of aryl methyl sites for hydroxylation is 1. The van der Waals surface area contributed by atoms with Gasteiger partial charge in [-0.2, -0.15) is 5.10 Å². The van der Waals surface area contributed by atoms with E-state index in [0.29, 0.717) is 6.54 Å². The van der Waals surface area contributed by atoms with Gasteiger partial charge in [0.25, 0.3) is 0 Å². The summed E-state index contributed by atoms with van der Waals surface area (Å²) in [5.41, 5.74) is 0.724. The molecule has 1 aromatic carbocycles. The van der Waals surface area contributed by atoms with E-state index in [9.17, 15) is 9.59 Å². The molecule has 7 nitrogen and oxygen atoms in total. The largest absolute Gasteiger partial charge is 0.358 e. The summed E-state index contributed by atoms with van der Waals surface area (Å²) in [4.78, 5) is 26.1. The molecule has 2 aromatic rings. The number of para-hydroxylation sites is 1. The molecule has 1 aromatic heterocycles. The number of hydrogen-bond acceptors (Lipinski definition) is 4. The van der Waals surface area contributed by atoms with Crippen LogP contribution in [0, 0.1) is 0 Å². The second-order valence-corrected chi connectivity index (χ2v) is 6.16. The molecule has 1 fully saturated rings. The second kappa shape index (κ2) is 7.00. The number of piperidine rings is 1. The highest BCUT2D eigenvalue weighted by Gasteiger charge is 2.27. The van der Waals surface area contributed by atoms with E-state index in [-0.39, 0.29) is 17.5 Å². The van der Waals surface area contributed by atoms with E-state index >= 15 is 0 Å². The molecule has 0 saturated carbocycles. The number of nitrogens with zero attached hydrogens (tertiary/aromatic N) is 4. The Morgan fingerprint density at radius 2 is 1.92 bits per heavy atom. The lowest BCUT2D eigenvalue weighted by Gasteiger charge is -2.30. The number of likely N-dealkylation sites (N-methyl/N-ethyl adjacent to an activating group) is 1. The highest BCUT2D eigenvalue weighted by Crippen LogP contribution is 2.27. The van der Waals surface area contributed by atoms with Crippen molar-refractivity contribution in [2.75, 3.05) is 26.7 Å². The monoisotopic (exact) mass is 329 g/mol. The first-order valence-corrected chi connectivity index (χ1v) is 8.24. The average Bonchev–Trinajstić information content (AvgIpc) is 2.91. The smallest absolute Gasteiger partial charge is 0.350 e. The van der Waals surface area contributed by atoms with Gasteiger partial charge in [-0.3, -0.25) is 9.69 Å². The fraction of sp³-hybridized carbons (Fsp3) is 0.471. The van der Waals surface area contributed by atoms with E-state index in [1.54, 1.807) is 18.7 Å². The summed E-state index contributed by atoms with van der Waals surface area (Å²) >= 11 is 0. The second-order valence-electron chi connectivity index (χ2n) is 6.16. The Bertz CT molecular complexity index is 757. The summed E-state index contributed by atoms with van der Waals surface area (Å²) in [6.45, 7) is 2.09. The van der Waals surface area contributed by atoms with Crippen molar-refractivity contribution in [3.05, 3.63) is 46.6 Å². The Kier molecular flexibility index (Phi) is 4.80. The molecule has 24 heavy (non-hydrogen) atoms. The lowest BCUT2D eigenvalue weighted by Crippen LogP contribution is -2.40. The minimum absolute atomic E-state index is 0.0347. The molecule has 0 atom stereocenters. The lowest BCUT2D eigenvalue weighted by molar-refractivity contribution is -0.122. The maximum absolute atomic E-state index is 12.5. The van der Waals surface area contributed by atoms with E-state index in [1.807, 2.05) is 30.3 Å². The molecule has 0 bridgehead atoms. The van der Waals surface area contributed by atoms with E-state index in [2.05, 4.69) is 15.3 Å². The quantitative estimate of drug-likeness (QED) is 0.886. The molecular formula is C17H23N5O2. The van der Waals surface area contributed by atoms with Crippen LogP contribution >= 0.6 is 0 Å². The summed E-state index contributed by atoms with van der Waals surface area (Å²) < 4.78 is 3.11. The van der Waals surface area contributed by atoms with Gasteiger partial charge < -0.3 is 5.32 Å². The first-order valence-electron chi connectivity index (χ1n) is 8.24. The van der Waals surface area contributed by atoms with Crippen LogP contribution in [0.5, 0.6) is 0 Å². The fourth-order valence-corrected chi connectivity index (χ4v) is 3.20. The van der Waals surface area contributed by atoms with E-state index in [0.717, 1.165) is 37.4 Å². The van der Waals surface area contributed by atoms with Crippen molar-refractivity contribution in [3.63, 3.8) is 0 Å². The summed E-state index contributed by atoms with van der Waals surface area (Å²) in [7, 11) is 3.34. The molecule has 0 aliphatic carbocycles. The molecule has 1 aliphatic rings. The van der Waals surface area contributed by atoms with Crippen molar-refractivity contribution in [2.24, 2.45) is 7.05 Å². The van der Waals surface area contributed by atoms with Crippen LogP contribution in [0.4, 0.5) is 0 Å². The van der Waals surface area contributed by atoms with Gasteiger partial charge in [0.15, 0.2) is 0 Å². The highest BCUT2D eigenvalue weighted by atomic mass is 16.2. The Morgan fingerprint density at radius 3 is 2.54 bits per heavy atom. The maximum atomic E-state index is 12.5. The molecule has 1 amide bonds. The van der Waals surface area contributed by atoms with Crippen LogP contribution in [-0.2, 0) is 11.8 Å². The normalized spacial score (nSPS) is 16.2. The third kappa shape index (κ3) is 3.26. The number of carbonyl (C=O) groups is 1. The summed E-state index contributed by atoms with van der Waals surface area (Å²) in [6, 6.07) is 9.62. The van der Waals surface area contributed by atoms with Gasteiger partial charge in [0.2, 0.25) is 5.91 Å². The SMILES string of the molecule is CNC(=O)CN1CCC(c2nn(C)c(=O)n2-c2ccccc2)CC1. The van der Waals surface area contributed by atoms with Crippen molar-refractivity contribution in [3.8, 4) is 5.69 Å². The standard InChI is InChI=1S/C17H23N5O2/c1-18-15(23)12-21-10-8-13(9-11-21)16-19-20(2)17(24)22(16)14-6-4-3-5-7-14/h3-7,13H,8-12H2,1-2H3,(H,18,23). The van der Waals surface area contributed by atoms with Crippen molar-refractivity contribution in [1.82, 2.24) is 24.6 Å². The molecule has 1 N–H and O–H groups in total. The first-order chi connectivity index (χ1) is 11.6. The van der Waals surface area contributed by atoms with Crippen molar-refractivity contribution in [2.45, 2.75) is 18.8 Å². The molecule has 2 heterocycles. The number of nitrogens with one attached hydrogen (secondary N) is 1. The lowest BCUT2D eigenvalue weighted by atomic mass is 9.95. The van der Waals surface area contributed by atoms with E-state index in [4.69, 9.17) is 0 Å². The number of carbonyl (C=O) groups excluding carboxylic acids is 1. The number of hydrogen-bond donors (Lipinski definition) is 1. The Hall–Kier alpha value is -2.41. The van der Waals surface area contributed by atoms with Crippen LogP contribution in [-0.4, -0.2) is 51.8 Å². The third-order valence-corrected chi connectivity index (χ3v) is 4.56. The zero-order chi connectivity index (χ0) is 17.1. The van der Waals surface area contributed by atoms with Crippen molar-refractivity contribution < 1.29 is 4.79 Å². The fourth-order valence-electron chi connectivity index (χ4n) is 3.20. The Labute approximate surface area is 140 Å². The Morgan fingerprint density at radius 1 is 1.25 bits per heavy atom. The molecule has 0 unspecified atom stereocenters. The predicted molar refractivity (Wildman–Crippen MR) is 91.3 cm³/mol. The maximum Gasteiger partial charge on any atom is 0.350 e. The molecule has 1 aliphatic heterocycles. The average molecular weight is 329 g/mol. The van der Waals surface area contributed by atoms with Gasteiger partial charge in [0.1, 0.15) is 5.82 Å². The molecular weight excluding hydrogens is 306 g/mol. The van der Waals surface area contributed by atoms with Gasteiger partial charge in [0.05, 0.1) is 12.2 Å². The Balaban J connectivity index is 1.81. The molecule has 128 valence electrons. The van der Waals surface area contributed by atoms with Crippen LogP contribution in [0.1, 0.15) is 24.6 Å². The van der Waals surface area contributed by atoms with E-state index < -0.39 is 0 Å². The van der Waals surface area contributed by atoms with Crippen LogP contribution in [0.25, 0.3) is 5.69 Å². The number of amides is 1. The topological polar surface area (TPSA) is 72.2 Å². The molecule has 0 radical (unpaired) electrons. The third-order valence-electron chi connectivity index (χ3n) is 4.56. The molecule has 3 rings (SSSR count). The van der Waals surface area contributed by atoms with Gasteiger partial charge in [0, 0.05) is 20.0 Å². The molecule has 1 saturated heterocycles. The van der Waals surface area contributed by atoms with E-state index in [1.165, 1.54) is 4.68 Å². The number of aromatic nitrogens is 3. The predicted octanol–water partition coefficient (Wildman–Crippen LogP) is 0.496. The zero-order valence-corrected chi connectivity index (χ0v) is 14.1. The number of benzene rings is 1. The van der Waals surface area contributed by atoms with Crippen LogP contribution in [0.15, 0.2) is 35.1 Å². The number of rotatable bonds is 4. The summed E-state index contributed by atoms with van der Waals surface area (Å²) in [6.07, 6.45) is 1.78. The van der Waals surface area contributed by atoms with Gasteiger partial charge in [-0.15, -0.1) is 0 Å².